The molecule has 0 amide bonds. The Balaban J connectivity index is 1.78. The number of sulfonamides is 1. The zero-order valence-corrected chi connectivity index (χ0v) is 17.1. The molecule has 1 aromatic carbocycles. The minimum absolute atomic E-state index is 0.117. The molecule has 0 fully saturated rings. The van der Waals surface area contributed by atoms with Crippen molar-refractivity contribution in [1.82, 2.24) is 15.0 Å². The molecule has 0 aliphatic carbocycles. The number of benzene rings is 1. The summed E-state index contributed by atoms with van der Waals surface area (Å²) in [6.07, 6.45) is 4.34. The summed E-state index contributed by atoms with van der Waals surface area (Å²) in [6.45, 7) is 1.52. The Kier molecular flexibility index (Phi) is 5.00. The van der Waals surface area contributed by atoms with Gasteiger partial charge >= 0.3 is 0 Å². The molecule has 30 heavy (non-hydrogen) atoms. The van der Waals surface area contributed by atoms with Crippen LogP contribution in [0.1, 0.15) is 21.6 Å². The average Bonchev–Trinajstić information content (AvgIpc) is 3.18. The summed E-state index contributed by atoms with van der Waals surface area (Å²) < 4.78 is 41.7. The van der Waals surface area contributed by atoms with E-state index in [9.17, 15) is 17.6 Å². The van der Waals surface area contributed by atoms with E-state index in [1.165, 1.54) is 43.6 Å². The topological polar surface area (TPSA) is 105 Å². The number of hydrogen-bond acceptors (Lipinski definition) is 5. The molecule has 0 unspecified atom stereocenters. The summed E-state index contributed by atoms with van der Waals surface area (Å²) in [4.78, 5) is 24.0. The number of ketones is 1. The molecule has 10 heteroatoms. The van der Waals surface area contributed by atoms with Crippen LogP contribution in [0.15, 0.2) is 59.9 Å². The molecule has 0 radical (unpaired) electrons. The number of rotatable bonds is 5. The number of anilines is 1. The van der Waals surface area contributed by atoms with E-state index in [-0.39, 0.29) is 26.9 Å². The maximum Gasteiger partial charge on any atom is 0.262 e. The van der Waals surface area contributed by atoms with Gasteiger partial charge in [-0.05, 0) is 42.8 Å². The first-order valence-corrected chi connectivity index (χ1v) is 10.5. The number of nitrogens with one attached hydrogen (secondary N) is 2. The van der Waals surface area contributed by atoms with Crippen LogP contribution in [0.2, 0.25) is 5.02 Å². The number of aryl methyl sites for hydroxylation is 1. The highest BCUT2D eigenvalue weighted by molar-refractivity contribution is 7.92. The average molecular weight is 445 g/mol. The van der Waals surface area contributed by atoms with Crippen molar-refractivity contribution in [2.45, 2.75) is 11.8 Å². The first-order chi connectivity index (χ1) is 14.3. The van der Waals surface area contributed by atoms with Crippen LogP contribution in [-0.4, -0.2) is 29.2 Å². The fourth-order valence-corrected chi connectivity index (χ4v) is 4.16. The van der Waals surface area contributed by atoms with Crippen LogP contribution in [0.25, 0.3) is 11.0 Å². The van der Waals surface area contributed by atoms with Crippen molar-refractivity contribution in [3.63, 3.8) is 0 Å². The lowest BCUT2D eigenvalue weighted by atomic mass is 10.0. The van der Waals surface area contributed by atoms with Crippen LogP contribution in [0.4, 0.5) is 10.1 Å². The number of hydrogen-bond donors (Lipinski definition) is 2. The highest BCUT2D eigenvalue weighted by Gasteiger charge is 2.23. The highest BCUT2D eigenvalue weighted by Crippen LogP contribution is 2.27. The molecule has 0 aliphatic heterocycles. The molecule has 0 saturated carbocycles. The van der Waals surface area contributed by atoms with E-state index in [1.807, 2.05) is 0 Å². The summed E-state index contributed by atoms with van der Waals surface area (Å²) >= 11 is 5.98. The number of fused-ring (bicyclic) bond motifs is 1. The smallest absolute Gasteiger partial charge is 0.262 e. The van der Waals surface area contributed by atoms with Crippen molar-refractivity contribution in [2.75, 3.05) is 4.72 Å². The van der Waals surface area contributed by atoms with Crippen molar-refractivity contribution in [3.8, 4) is 0 Å². The molecular weight excluding hydrogens is 431 g/mol. The van der Waals surface area contributed by atoms with Gasteiger partial charge in [0.1, 0.15) is 17.2 Å². The Bertz CT molecular complexity index is 1400. The first-order valence-electron chi connectivity index (χ1n) is 8.67. The lowest BCUT2D eigenvalue weighted by molar-refractivity contribution is 0.103. The van der Waals surface area contributed by atoms with Crippen molar-refractivity contribution in [3.05, 3.63) is 82.6 Å². The van der Waals surface area contributed by atoms with Crippen molar-refractivity contribution in [1.29, 1.82) is 0 Å². The van der Waals surface area contributed by atoms with Gasteiger partial charge in [-0.3, -0.25) is 9.52 Å². The molecule has 0 saturated heterocycles. The van der Waals surface area contributed by atoms with E-state index < -0.39 is 21.6 Å². The van der Waals surface area contributed by atoms with Gasteiger partial charge in [0.25, 0.3) is 10.0 Å². The SMILES string of the molecule is Cc1ccc(S(=O)(=O)Nc2cc(Cl)cnc2C(=O)c2ccnc3[nH]ccc23)cc1F. The number of pyridine rings is 2. The number of aromatic nitrogens is 3. The van der Waals surface area contributed by atoms with Gasteiger partial charge in [-0.25, -0.2) is 22.8 Å². The molecule has 2 N–H and O–H groups in total. The number of nitrogens with zero attached hydrogens (tertiary/aromatic N) is 2. The molecule has 4 rings (SSSR count). The van der Waals surface area contributed by atoms with E-state index in [0.717, 1.165) is 6.07 Å². The van der Waals surface area contributed by atoms with Crippen LogP contribution in [0.3, 0.4) is 0 Å². The van der Waals surface area contributed by atoms with E-state index >= 15 is 0 Å². The van der Waals surface area contributed by atoms with Gasteiger partial charge in [-0.1, -0.05) is 17.7 Å². The summed E-state index contributed by atoms with van der Waals surface area (Å²) in [5.41, 5.74) is 0.839. The van der Waals surface area contributed by atoms with Gasteiger partial charge in [0, 0.05) is 29.5 Å². The third kappa shape index (κ3) is 3.64. The van der Waals surface area contributed by atoms with E-state index in [2.05, 4.69) is 19.7 Å². The second-order valence-electron chi connectivity index (χ2n) is 6.49. The minimum atomic E-state index is -4.20. The van der Waals surface area contributed by atoms with Crippen molar-refractivity contribution in [2.24, 2.45) is 0 Å². The molecule has 0 aliphatic rings. The molecule has 0 spiro atoms. The zero-order valence-electron chi connectivity index (χ0n) is 15.5. The predicted octanol–water partition coefficient (Wildman–Crippen LogP) is 4.09. The third-order valence-corrected chi connectivity index (χ3v) is 6.04. The first kappa shape index (κ1) is 20.0. The molecule has 4 aromatic rings. The second kappa shape index (κ2) is 7.51. The van der Waals surface area contributed by atoms with Gasteiger partial charge in [-0.15, -0.1) is 0 Å². The fraction of sp³-hybridized carbons (Fsp3) is 0.0500. The summed E-state index contributed by atoms with van der Waals surface area (Å²) in [5.74, 6) is -1.18. The summed E-state index contributed by atoms with van der Waals surface area (Å²) in [5, 5.41) is 0.689. The summed E-state index contributed by atoms with van der Waals surface area (Å²) in [7, 11) is -4.20. The van der Waals surface area contributed by atoms with Crippen LogP contribution in [0.5, 0.6) is 0 Å². The van der Waals surface area contributed by atoms with Gasteiger partial charge in [0.05, 0.1) is 15.6 Å². The standard InChI is InChI=1S/C20H14ClFN4O3S/c1-11-2-3-13(9-16(11)22)30(28,29)26-17-8-12(21)10-25-18(17)19(27)14-4-6-23-20-15(14)5-7-24-20/h2-10,26H,1H3,(H,23,24). The maximum atomic E-state index is 13.9. The van der Waals surface area contributed by atoms with Crippen molar-refractivity contribution >= 4 is 44.1 Å². The quantitative estimate of drug-likeness (QED) is 0.451. The lowest BCUT2D eigenvalue weighted by Crippen LogP contribution is -2.17. The minimum Gasteiger partial charge on any atom is -0.346 e. The second-order valence-corrected chi connectivity index (χ2v) is 8.61. The Morgan fingerprint density at radius 1 is 1.17 bits per heavy atom. The molecule has 152 valence electrons. The zero-order chi connectivity index (χ0) is 21.5. The van der Waals surface area contributed by atoms with Crippen LogP contribution in [0, 0.1) is 12.7 Å². The van der Waals surface area contributed by atoms with E-state index in [4.69, 9.17) is 11.6 Å². The largest absolute Gasteiger partial charge is 0.346 e. The Hall–Kier alpha value is -3.30. The normalized spacial score (nSPS) is 11.6. The number of halogens is 2. The van der Waals surface area contributed by atoms with Gasteiger partial charge < -0.3 is 4.98 Å². The van der Waals surface area contributed by atoms with Crippen LogP contribution in [-0.2, 0) is 10.0 Å². The Morgan fingerprint density at radius 3 is 2.73 bits per heavy atom. The maximum absolute atomic E-state index is 13.9. The number of H-pyrrole nitrogens is 1. The van der Waals surface area contributed by atoms with E-state index in [0.29, 0.717) is 16.6 Å². The van der Waals surface area contributed by atoms with Crippen LogP contribution >= 0.6 is 11.6 Å². The van der Waals surface area contributed by atoms with Crippen molar-refractivity contribution < 1.29 is 17.6 Å². The third-order valence-electron chi connectivity index (χ3n) is 4.47. The molecule has 3 aromatic heterocycles. The van der Waals surface area contributed by atoms with Gasteiger partial charge in [-0.2, -0.15) is 0 Å². The molecule has 0 bridgehead atoms. The monoisotopic (exact) mass is 444 g/mol. The highest BCUT2D eigenvalue weighted by atomic mass is 35.5. The lowest BCUT2D eigenvalue weighted by Gasteiger charge is -2.12. The van der Waals surface area contributed by atoms with Crippen LogP contribution < -0.4 is 4.72 Å². The van der Waals surface area contributed by atoms with Gasteiger partial charge in [0.2, 0.25) is 5.78 Å². The number of carbonyl (C=O) groups excluding carboxylic acids is 1. The Labute approximate surface area is 176 Å². The Morgan fingerprint density at radius 2 is 1.97 bits per heavy atom. The molecular formula is C20H14ClFN4O3S. The van der Waals surface area contributed by atoms with Gasteiger partial charge in [0.15, 0.2) is 0 Å². The predicted molar refractivity (Wildman–Crippen MR) is 111 cm³/mol. The molecule has 3 heterocycles. The fourth-order valence-electron chi connectivity index (χ4n) is 2.93. The molecule has 7 nitrogen and oxygen atoms in total. The summed E-state index contributed by atoms with van der Waals surface area (Å²) in [6, 6.07) is 8.01. The number of carbonyl (C=O) groups is 1. The molecule has 0 atom stereocenters. The number of aromatic amines is 1. The van der Waals surface area contributed by atoms with E-state index in [1.54, 1.807) is 12.3 Å².